The Morgan fingerprint density at radius 1 is 1.46 bits per heavy atom. The number of aliphatic hydroxyl groups excluding tert-OH is 1. The molecular weight excluding hydrogens is 171 g/mol. The summed E-state index contributed by atoms with van der Waals surface area (Å²) in [6, 6.07) is 4.37. The SMILES string of the molecule is NCCC(O)c1cccc(F)c1N. The number of hydrogen-bond acceptors (Lipinski definition) is 3. The first kappa shape index (κ1) is 9.95. The number of nitrogen functional groups attached to an aromatic ring is 1. The summed E-state index contributed by atoms with van der Waals surface area (Å²) >= 11 is 0. The largest absolute Gasteiger partial charge is 0.396 e. The maximum atomic E-state index is 12.9. The molecule has 0 aliphatic carbocycles. The lowest BCUT2D eigenvalue weighted by atomic mass is 10.0. The zero-order valence-corrected chi connectivity index (χ0v) is 7.20. The van der Waals surface area contributed by atoms with Crippen LogP contribution in [0.15, 0.2) is 18.2 Å². The second-order valence-corrected chi connectivity index (χ2v) is 2.84. The molecule has 72 valence electrons. The third-order valence-corrected chi connectivity index (χ3v) is 1.89. The molecule has 4 heteroatoms. The number of hydrogen-bond donors (Lipinski definition) is 3. The first-order chi connectivity index (χ1) is 6.16. The van der Waals surface area contributed by atoms with Gasteiger partial charge in [0.15, 0.2) is 0 Å². The van der Waals surface area contributed by atoms with E-state index < -0.39 is 11.9 Å². The molecule has 0 radical (unpaired) electrons. The van der Waals surface area contributed by atoms with E-state index in [1.807, 2.05) is 0 Å². The predicted molar refractivity (Wildman–Crippen MR) is 49.4 cm³/mol. The molecule has 13 heavy (non-hydrogen) atoms. The first-order valence-corrected chi connectivity index (χ1v) is 4.09. The van der Waals surface area contributed by atoms with Crippen molar-refractivity contribution in [3.05, 3.63) is 29.6 Å². The Morgan fingerprint density at radius 3 is 2.77 bits per heavy atom. The van der Waals surface area contributed by atoms with Crippen LogP contribution in [0.5, 0.6) is 0 Å². The number of benzene rings is 1. The Morgan fingerprint density at radius 2 is 2.15 bits per heavy atom. The normalized spacial score (nSPS) is 12.8. The van der Waals surface area contributed by atoms with Gasteiger partial charge in [-0.3, -0.25) is 0 Å². The van der Waals surface area contributed by atoms with Crippen molar-refractivity contribution in [1.29, 1.82) is 0 Å². The quantitative estimate of drug-likeness (QED) is 0.608. The van der Waals surface area contributed by atoms with Gasteiger partial charge in [-0.05, 0) is 19.0 Å². The number of rotatable bonds is 3. The number of anilines is 1. The molecule has 0 bridgehead atoms. The molecule has 0 spiro atoms. The molecule has 1 aromatic carbocycles. The smallest absolute Gasteiger partial charge is 0.146 e. The second-order valence-electron chi connectivity index (χ2n) is 2.84. The van der Waals surface area contributed by atoms with Crippen LogP contribution in [0.1, 0.15) is 18.1 Å². The van der Waals surface area contributed by atoms with E-state index in [-0.39, 0.29) is 5.69 Å². The minimum atomic E-state index is -0.777. The van der Waals surface area contributed by atoms with Crippen molar-refractivity contribution in [3.8, 4) is 0 Å². The highest BCUT2D eigenvalue weighted by atomic mass is 19.1. The molecule has 1 atom stereocenters. The van der Waals surface area contributed by atoms with E-state index in [1.165, 1.54) is 12.1 Å². The standard InChI is InChI=1S/C9H13FN2O/c10-7-3-1-2-6(9(7)12)8(13)4-5-11/h1-3,8,13H,4-5,11-12H2. The molecule has 1 aromatic rings. The van der Waals surface area contributed by atoms with E-state index in [9.17, 15) is 9.50 Å². The molecule has 1 rings (SSSR count). The van der Waals surface area contributed by atoms with E-state index in [0.29, 0.717) is 18.5 Å². The van der Waals surface area contributed by atoms with Gasteiger partial charge in [0.2, 0.25) is 0 Å². The van der Waals surface area contributed by atoms with Crippen LogP contribution in [-0.2, 0) is 0 Å². The summed E-state index contributed by atoms with van der Waals surface area (Å²) in [5.74, 6) is -0.506. The monoisotopic (exact) mass is 184 g/mol. The van der Waals surface area contributed by atoms with Crippen LogP contribution in [0.4, 0.5) is 10.1 Å². The number of aliphatic hydroxyl groups is 1. The van der Waals surface area contributed by atoms with Crippen molar-refractivity contribution in [1.82, 2.24) is 0 Å². The highest BCUT2D eigenvalue weighted by Crippen LogP contribution is 2.24. The number of nitrogens with two attached hydrogens (primary N) is 2. The van der Waals surface area contributed by atoms with E-state index >= 15 is 0 Å². The average molecular weight is 184 g/mol. The van der Waals surface area contributed by atoms with Gasteiger partial charge in [-0.2, -0.15) is 0 Å². The van der Waals surface area contributed by atoms with Gasteiger partial charge in [0.05, 0.1) is 11.8 Å². The van der Waals surface area contributed by atoms with Crippen LogP contribution in [0.25, 0.3) is 0 Å². The van der Waals surface area contributed by atoms with Crippen LogP contribution in [0.2, 0.25) is 0 Å². The molecule has 3 nitrogen and oxygen atoms in total. The Balaban J connectivity index is 2.93. The Hall–Kier alpha value is -1.13. The molecule has 5 N–H and O–H groups in total. The van der Waals surface area contributed by atoms with Crippen LogP contribution in [0.3, 0.4) is 0 Å². The van der Waals surface area contributed by atoms with Gasteiger partial charge in [0.1, 0.15) is 5.82 Å². The Kier molecular flexibility index (Phi) is 3.22. The van der Waals surface area contributed by atoms with Crippen LogP contribution >= 0.6 is 0 Å². The van der Waals surface area contributed by atoms with Crippen molar-refractivity contribution >= 4 is 5.69 Å². The van der Waals surface area contributed by atoms with Crippen LogP contribution in [-0.4, -0.2) is 11.7 Å². The molecule has 0 aliphatic rings. The number of halogens is 1. The average Bonchev–Trinajstić information content (AvgIpc) is 2.10. The van der Waals surface area contributed by atoms with Crippen molar-refractivity contribution in [3.63, 3.8) is 0 Å². The van der Waals surface area contributed by atoms with Gasteiger partial charge >= 0.3 is 0 Å². The topological polar surface area (TPSA) is 72.3 Å². The first-order valence-electron chi connectivity index (χ1n) is 4.09. The van der Waals surface area contributed by atoms with E-state index in [2.05, 4.69) is 0 Å². The summed E-state index contributed by atoms with van der Waals surface area (Å²) in [7, 11) is 0. The lowest BCUT2D eigenvalue weighted by molar-refractivity contribution is 0.170. The van der Waals surface area contributed by atoms with E-state index in [0.717, 1.165) is 0 Å². The maximum Gasteiger partial charge on any atom is 0.146 e. The molecule has 0 aromatic heterocycles. The zero-order chi connectivity index (χ0) is 9.84. The summed E-state index contributed by atoms with van der Waals surface area (Å²) in [4.78, 5) is 0. The summed E-state index contributed by atoms with van der Waals surface area (Å²) in [6.45, 7) is 0.344. The highest BCUT2D eigenvalue weighted by Gasteiger charge is 2.12. The fourth-order valence-electron chi connectivity index (χ4n) is 1.16. The molecule has 0 amide bonds. The molecule has 0 aliphatic heterocycles. The lowest BCUT2D eigenvalue weighted by Gasteiger charge is -2.12. The van der Waals surface area contributed by atoms with Gasteiger partial charge < -0.3 is 16.6 Å². The third kappa shape index (κ3) is 2.17. The molecule has 0 fully saturated rings. The number of para-hydroxylation sites is 1. The van der Waals surface area contributed by atoms with Crippen LogP contribution in [0, 0.1) is 5.82 Å². The van der Waals surface area contributed by atoms with Gasteiger partial charge in [-0.15, -0.1) is 0 Å². The molecular formula is C9H13FN2O. The highest BCUT2D eigenvalue weighted by molar-refractivity contribution is 5.49. The Bertz CT molecular complexity index is 291. The fourth-order valence-corrected chi connectivity index (χ4v) is 1.16. The minimum Gasteiger partial charge on any atom is -0.396 e. The second kappa shape index (κ2) is 4.20. The van der Waals surface area contributed by atoms with E-state index in [1.54, 1.807) is 6.07 Å². The Labute approximate surface area is 76.2 Å². The molecule has 0 heterocycles. The molecule has 1 unspecified atom stereocenters. The lowest BCUT2D eigenvalue weighted by Crippen LogP contribution is -2.09. The fraction of sp³-hybridized carbons (Fsp3) is 0.333. The predicted octanol–water partition coefficient (Wildman–Crippen LogP) is 0.790. The third-order valence-electron chi connectivity index (χ3n) is 1.89. The zero-order valence-electron chi connectivity index (χ0n) is 7.20. The van der Waals surface area contributed by atoms with Crippen molar-refractivity contribution < 1.29 is 9.50 Å². The van der Waals surface area contributed by atoms with Crippen molar-refractivity contribution in [2.45, 2.75) is 12.5 Å². The van der Waals surface area contributed by atoms with Gasteiger partial charge in [-0.25, -0.2) is 4.39 Å². The van der Waals surface area contributed by atoms with Gasteiger partial charge in [0, 0.05) is 5.56 Å². The summed E-state index contributed by atoms with van der Waals surface area (Å²) in [5.41, 5.74) is 11.1. The summed E-state index contributed by atoms with van der Waals surface area (Å²) in [5, 5.41) is 9.50. The summed E-state index contributed by atoms with van der Waals surface area (Å²) < 4.78 is 12.9. The molecule has 0 saturated heterocycles. The van der Waals surface area contributed by atoms with Gasteiger partial charge in [-0.1, -0.05) is 12.1 Å². The van der Waals surface area contributed by atoms with Gasteiger partial charge in [0.25, 0.3) is 0 Å². The maximum absolute atomic E-state index is 12.9. The van der Waals surface area contributed by atoms with Crippen molar-refractivity contribution in [2.24, 2.45) is 5.73 Å². The van der Waals surface area contributed by atoms with Crippen LogP contribution < -0.4 is 11.5 Å². The minimum absolute atomic E-state index is 0.00319. The summed E-state index contributed by atoms with van der Waals surface area (Å²) in [6.07, 6.45) is -0.395. The van der Waals surface area contributed by atoms with Crippen molar-refractivity contribution in [2.75, 3.05) is 12.3 Å². The van der Waals surface area contributed by atoms with E-state index in [4.69, 9.17) is 11.5 Å². The molecule has 0 saturated carbocycles.